The topological polar surface area (TPSA) is 16.1 Å². The Hall–Kier alpha value is -2.71. The molecule has 0 aliphatic carbocycles. The molecule has 2 nitrogen and oxygen atoms in total. The predicted octanol–water partition coefficient (Wildman–Crippen LogP) is 7.12. The molecule has 0 spiro atoms. The van der Waals surface area contributed by atoms with Gasteiger partial charge in [0.1, 0.15) is 0 Å². The Kier molecular flexibility index (Phi) is 5.06. The van der Waals surface area contributed by atoms with Crippen LogP contribution in [0.1, 0.15) is 50.8 Å². The molecule has 0 fully saturated rings. The number of pyridine rings is 1. The third-order valence-electron chi connectivity index (χ3n) is 6.72. The summed E-state index contributed by atoms with van der Waals surface area (Å²) in [5, 5.41) is 4.00. The van der Waals surface area contributed by atoms with Gasteiger partial charge in [0.15, 0.2) is 0 Å². The molecule has 1 aliphatic rings. The van der Waals surface area contributed by atoms with Crippen LogP contribution in [-0.4, -0.2) is 23.0 Å². The standard InChI is InChI=1S/C29H32N2/c1-5-17-31-18-16-24-25(19-31)28(21-10-13-22(14-11-21)29(2,3)4)30-26-15-12-20-8-6-7-9-23(20)27(24)26/h6-15H,5,16-19H2,1-4H3. The van der Waals surface area contributed by atoms with E-state index in [2.05, 4.69) is 93.3 Å². The summed E-state index contributed by atoms with van der Waals surface area (Å²) >= 11 is 0. The fourth-order valence-electron chi connectivity index (χ4n) is 5.04. The van der Waals surface area contributed by atoms with E-state index >= 15 is 0 Å². The first-order valence-electron chi connectivity index (χ1n) is 11.6. The number of hydrogen-bond donors (Lipinski definition) is 0. The lowest BCUT2D eigenvalue weighted by Crippen LogP contribution is -2.32. The average Bonchev–Trinajstić information content (AvgIpc) is 2.78. The molecular weight excluding hydrogens is 376 g/mol. The van der Waals surface area contributed by atoms with Gasteiger partial charge < -0.3 is 0 Å². The third kappa shape index (κ3) is 3.64. The van der Waals surface area contributed by atoms with E-state index in [4.69, 9.17) is 4.98 Å². The molecule has 158 valence electrons. The van der Waals surface area contributed by atoms with Crippen molar-refractivity contribution in [3.63, 3.8) is 0 Å². The summed E-state index contributed by atoms with van der Waals surface area (Å²) in [5.74, 6) is 0. The first kappa shape index (κ1) is 20.2. The number of benzene rings is 3. The van der Waals surface area contributed by atoms with Gasteiger partial charge in [0.05, 0.1) is 11.2 Å². The van der Waals surface area contributed by atoms with Crippen molar-refractivity contribution in [1.82, 2.24) is 9.88 Å². The highest BCUT2D eigenvalue weighted by Crippen LogP contribution is 2.37. The molecule has 1 aliphatic heterocycles. The lowest BCUT2D eigenvalue weighted by molar-refractivity contribution is 0.255. The Labute approximate surface area is 185 Å². The van der Waals surface area contributed by atoms with Crippen LogP contribution in [0.5, 0.6) is 0 Å². The van der Waals surface area contributed by atoms with Crippen LogP contribution in [0.3, 0.4) is 0 Å². The van der Waals surface area contributed by atoms with Crippen molar-refractivity contribution in [2.45, 2.75) is 52.5 Å². The molecule has 4 aromatic rings. The average molecular weight is 409 g/mol. The highest BCUT2D eigenvalue weighted by molar-refractivity contribution is 6.09. The second-order valence-electron chi connectivity index (χ2n) is 9.95. The first-order valence-corrected chi connectivity index (χ1v) is 11.6. The molecule has 0 unspecified atom stereocenters. The SMILES string of the molecule is CCCN1CCc2c(c(-c3ccc(C(C)(C)C)cc3)nc3ccc4ccccc4c23)C1. The highest BCUT2D eigenvalue weighted by atomic mass is 15.1. The zero-order valence-electron chi connectivity index (χ0n) is 19.2. The summed E-state index contributed by atoms with van der Waals surface area (Å²) in [5.41, 5.74) is 7.97. The summed E-state index contributed by atoms with van der Waals surface area (Å²) in [7, 11) is 0. The van der Waals surface area contributed by atoms with Crippen molar-refractivity contribution < 1.29 is 0 Å². The Morgan fingerprint density at radius 1 is 0.903 bits per heavy atom. The Morgan fingerprint density at radius 3 is 2.42 bits per heavy atom. The van der Waals surface area contributed by atoms with E-state index in [9.17, 15) is 0 Å². The van der Waals surface area contributed by atoms with Crippen LogP contribution in [0.4, 0.5) is 0 Å². The molecule has 0 bridgehead atoms. The van der Waals surface area contributed by atoms with E-state index in [1.165, 1.54) is 50.5 Å². The Balaban J connectivity index is 1.75. The molecule has 0 amide bonds. The van der Waals surface area contributed by atoms with Gasteiger partial charge >= 0.3 is 0 Å². The molecule has 31 heavy (non-hydrogen) atoms. The van der Waals surface area contributed by atoms with Gasteiger partial charge in [-0.05, 0) is 58.3 Å². The van der Waals surface area contributed by atoms with E-state index < -0.39 is 0 Å². The van der Waals surface area contributed by atoms with Crippen LogP contribution in [0.2, 0.25) is 0 Å². The van der Waals surface area contributed by atoms with Crippen molar-refractivity contribution >= 4 is 21.7 Å². The smallest absolute Gasteiger partial charge is 0.0757 e. The quantitative estimate of drug-likeness (QED) is 0.335. The van der Waals surface area contributed by atoms with Crippen molar-refractivity contribution in [3.8, 4) is 11.3 Å². The fraction of sp³-hybridized carbons (Fsp3) is 0.345. The Bertz CT molecular complexity index is 1250. The molecule has 1 aromatic heterocycles. The van der Waals surface area contributed by atoms with Gasteiger partial charge in [-0.1, -0.05) is 82.3 Å². The summed E-state index contributed by atoms with van der Waals surface area (Å²) in [4.78, 5) is 7.86. The fourth-order valence-corrected chi connectivity index (χ4v) is 5.04. The van der Waals surface area contributed by atoms with Gasteiger partial charge in [0.25, 0.3) is 0 Å². The number of fused-ring (bicyclic) bond motifs is 5. The van der Waals surface area contributed by atoms with Crippen molar-refractivity contribution in [3.05, 3.63) is 77.4 Å². The summed E-state index contributed by atoms with van der Waals surface area (Å²) < 4.78 is 0. The van der Waals surface area contributed by atoms with Crippen LogP contribution in [-0.2, 0) is 18.4 Å². The number of hydrogen-bond acceptors (Lipinski definition) is 2. The molecule has 5 rings (SSSR count). The Morgan fingerprint density at radius 2 is 1.68 bits per heavy atom. The van der Waals surface area contributed by atoms with Crippen molar-refractivity contribution in [2.24, 2.45) is 0 Å². The first-order chi connectivity index (χ1) is 15.0. The van der Waals surface area contributed by atoms with Gasteiger partial charge in [-0.3, -0.25) is 4.90 Å². The molecule has 3 aromatic carbocycles. The largest absolute Gasteiger partial charge is 0.299 e. The van der Waals surface area contributed by atoms with Crippen LogP contribution in [0.15, 0.2) is 60.7 Å². The van der Waals surface area contributed by atoms with Gasteiger partial charge in [0.2, 0.25) is 0 Å². The monoisotopic (exact) mass is 408 g/mol. The summed E-state index contributed by atoms with van der Waals surface area (Å²) in [6.07, 6.45) is 2.28. The minimum absolute atomic E-state index is 0.158. The summed E-state index contributed by atoms with van der Waals surface area (Å²) in [6, 6.07) is 22.3. The van der Waals surface area contributed by atoms with Crippen LogP contribution in [0.25, 0.3) is 32.9 Å². The zero-order chi connectivity index (χ0) is 21.6. The third-order valence-corrected chi connectivity index (χ3v) is 6.72. The van der Waals surface area contributed by atoms with Gasteiger partial charge in [-0.15, -0.1) is 0 Å². The van der Waals surface area contributed by atoms with E-state index in [0.717, 1.165) is 31.6 Å². The summed E-state index contributed by atoms with van der Waals surface area (Å²) in [6.45, 7) is 12.4. The molecule has 2 heterocycles. The number of rotatable bonds is 3. The molecule has 0 atom stereocenters. The maximum absolute atomic E-state index is 5.27. The molecule has 0 saturated carbocycles. The normalized spacial score (nSPS) is 14.8. The van der Waals surface area contributed by atoms with Crippen molar-refractivity contribution in [2.75, 3.05) is 13.1 Å². The number of nitrogens with zero attached hydrogens (tertiary/aromatic N) is 2. The van der Waals surface area contributed by atoms with E-state index in [1.807, 2.05) is 0 Å². The van der Waals surface area contributed by atoms with Crippen LogP contribution >= 0.6 is 0 Å². The molecule has 0 N–H and O–H groups in total. The maximum atomic E-state index is 5.27. The van der Waals surface area contributed by atoms with E-state index in [1.54, 1.807) is 0 Å². The molecule has 2 heteroatoms. The second-order valence-corrected chi connectivity index (χ2v) is 9.95. The second kappa shape index (κ2) is 7.76. The van der Waals surface area contributed by atoms with Crippen LogP contribution in [0, 0.1) is 0 Å². The van der Waals surface area contributed by atoms with E-state index in [0.29, 0.717) is 0 Å². The van der Waals surface area contributed by atoms with Gasteiger partial charge in [0, 0.05) is 24.0 Å². The molecule has 0 radical (unpaired) electrons. The predicted molar refractivity (Wildman–Crippen MR) is 133 cm³/mol. The van der Waals surface area contributed by atoms with Crippen LogP contribution < -0.4 is 0 Å². The minimum atomic E-state index is 0.158. The maximum Gasteiger partial charge on any atom is 0.0757 e. The lowest BCUT2D eigenvalue weighted by atomic mass is 9.85. The van der Waals surface area contributed by atoms with Crippen molar-refractivity contribution in [1.29, 1.82) is 0 Å². The number of aromatic nitrogens is 1. The van der Waals surface area contributed by atoms with Gasteiger partial charge in [-0.25, -0.2) is 4.98 Å². The highest BCUT2D eigenvalue weighted by Gasteiger charge is 2.24. The van der Waals surface area contributed by atoms with E-state index in [-0.39, 0.29) is 5.41 Å². The lowest BCUT2D eigenvalue weighted by Gasteiger charge is -2.31. The zero-order valence-corrected chi connectivity index (χ0v) is 19.2. The molecule has 0 saturated heterocycles. The van der Waals surface area contributed by atoms with Gasteiger partial charge in [-0.2, -0.15) is 0 Å². The minimum Gasteiger partial charge on any atom is -0.299 e. The molecular formula is C29H32N2.